The Morgan fingerprint density at radius 3 is 3.06 bits per heavy atom. The minimum absolute atomic E-state index is 0.609. The standard InChI is InChI=1S/C16H14S/c1-2-4-13-11(3-1)5-8-15-14(13)7-6-12-9-10-17-16(12)15/h1-8,15-16H,9-10H2. The molecule has 1 aliphatic heterocycles. The van der Waals surface area contributed by atoms with Gasteiger partial charge in [0.05, 0.1) is 0 Å². The monoisotopic (exact) mass is 238 g/mol. The van der Waals surface area contributed by atoms with E-state index in [-0.39, 0.29) is 0 Å². The number of thioether (sulfide) groups is 1. The second kappa shape index (κ2) is 3.64. The summed E-state index contributed by atoms with van der Waals surface area (Å²) >= 11 is 2.13. The molecule has 84 valence electrons. The molecule has 17 heavy (non-hydrogen) atoms. The molecule has 0 amide bonds. The van der Waals surface area contributed by atoms with Crippen molar-refractivity contribution in [3.05, 3.63) is 59.2 Å². The van der Waals surface area contributed by atoms with Crippen LogP contribution in [-0.2, 0) is 0 Å². The van der Waals surface area contributed by atoms with Crippen LogP contribution in [0.5, 0.6) is 0 Å². The molecule has 0 aromatic heterocycles. The quantitative estimate of drug-likeness (QED) is 0.654. The lowest BCUT2D eigenvalue weighted by atomic mass is 9.77. The molecule has 2 unspecified atom stereocenters. The molecule has 4 rings (SSSR count). The van der Waals surface area contributed by atoms with Gasteiger partial charge in [0.1, 0.15) is 0 Å². The topological polar surface area (TPSA) is 0 Å². The Kier molecular flexibility index (Phi) is 2.10. The van der Waals surface area contributed by atoms with E-state index in [1.165, 1.54) is 28.9 Å². The maximum atomic E-state index is 2.41. The Hall–Kier alpha value is -1.21. The van der Waals surface area contributed by atoms with Crippen LogP contribution in [0.1, 0.15) is 17.5 Å². The van der Waals surface area contributed by atoms with Gasteiger partial charge in [-0.15, -0.1) is 0 Å². The van der Waals surface area contributed by atoms with Crippen molar-refractivity contribution in [3.8, 4) is 0 Å². The largest absolute Gasteiger partial charge is 0.153 e. The van der Waals surface area contributed by atoms with Crippen LogP contribution in [0.4, 0.5) is 0 Å². The van der Waals surface area contributed by atoms with E-state index in [2.05, 4.69) is 60.3 Å². The first-order valence-electron chi connectivity index (χ1n) is 6.23. The van der Waals surface area contributed by atoms with E-state index in [1.54, 1.807) is 5.57 Å². The first kappa shape index (κ1) is 9.78. The van der Waals surface area contributed by atoms with Crippen LogP contribution in [-0.4, -0.2) is 11.0 Å². The molecule has 2 atom stereocenters. The summed E-state index contributed by atoms with van der Waals surface area (Å²) in [5.41, 5.74) is 5.97. The SMILES string of the molecule is C1=CC2C(=CC=C3CCSC32)c2ccccc21. The average Bonchev–Trinajstić information content (AvgIpc) is 2.86. The molecule has 0 spiro atoms. The molecule has 1 aromatic carbocycles. The highest BCUT2D eigenvalue weighted by Crippen LogP contribution is 2.47. The van der Waals surface area contributed by atoms with Crippen molar-refractivity contribution in [2.24, 2.45) is 5.92 Å². The molecular formula is C16H14S. The van der Waals surface area contributed by atoms with Crippen molar-refractivity contribution in [2.75, 3.05) is 5.75 Å². The second-order valence-electron chi connectivity index (χ2n) is 4.88. The normalized spacial score (nSPS) is 28.9. The lowest BCUT2D eigenvalue weighted by molar-refractivity contribution is 0.816. The molecule has 0 radical (unpaired) electrons. The maximum absolute atomic E-state index is 2.41. The van der Waals surface area contributed by atoms with E-state index >= 15 is 0 Å². The smallest absolute Gasteiger partial charge is 0.0363 e. The third kappa shape index (κ3) is 1.39. The first-order chi connectivity index (χ1) is 8.43. The highest BCUT2D eigenvalue weighted by atomic mass is 32.2. The van der Waals surface area contributed by atoms with Gasteiger partial charge in [0.2, 0.25) is 0 Å². The van der Waals surface area contributed by atoms with E-state index in [9.17, 15) is 0 Å². The van der Waals surface area contributed by atoms with Gasteiger partial charge in [0.15, 0.2) is 0 Å². The highest BCUT2D eigenvalue weighted by molar-refractivity contribution is 8.00. The minimum atomic E-state index is 0.609. The number of hydrogen-bond acceptors (Lipinski definition) is 1. The van der Waals surface area contributed by atoms with E-state index < -0.39 is 0 Å². The molecule has 0 bridgehead atoms. The Labute approximate surface area is 106 Å². The number of hydrogen-bond donors (Lipinski definition) is 0. The third-order valence-corrected chi connectivity index (χ3v) is 5.37. The minimum Gasteiger partial charge on any atom is -0.153 e. The maximum Gasteiger partial charge on any atom is 0.0363 e. The first-order valence-corrected chi connectivity index (χ1v) is 7.28. The lowest BCUT2D eigenvalue weighted by Crippen LogP contribution is -2.21. The molecule has 1 aromatic rings. The van der Waals surface area contributed by atoms with Gasteiger partial charge in [-0.25, -0.2) is 0 Å². The van der Waals surface area contributed by atoms with Crippen LogP contribution in [0, 0.1) is 5.92 Å². The fraction of sp³-hybridized carbons (Fsp3) is 0.250. The number of benzene rings is 1. The van der Waals surface area contributed by atoms with Crippen molar-refractivity contribution in [3.63, 3.8) is 0 Å². The molecule has 1 saturated heterocycles. The molecule has 2 aliphatic carbocycles. The Balaban J connectivity index is 1.89. The van der Waals surface area contributed by atoms with Gasteiger partial charge in [-0.3, -0.25) is 0 Å². The van der Waals surface area contributed by atoms with Gasteiger partial charge in [0.25, 0.3) is 0 Å². The van der Waals surface area contributed by atoms with Crippen molar-refractivity contribution in [1.82, 2.24) is 0 Å². The predicted molar refractivity (Wildman–Crippen MR) is 75.9 cm³/mol. The molecule has 1 heteroatoms. The molecule has 0 saturated carbocycles. The Morgan fingerprint density at radius 1 is 1.12 bits per heavy atom. The molecule has 0 nitrogen and oxygen atoms in total. The zero-order valence-corrected chi connectivity index (χ0v) is 10.4. The summed E-state index contributed by atoms with van der Waals surface area (Å²) in [4.78, 5) is 0. The van der Waals surface area contributed by atoms with Crippen molar-refractivity contribution in [1.29, 1.82) is 0 Å². The summed E-state index contributed by atoms with van der Waals surface area (Å²) in [7, 11) is 0. The van der Waals surface area contributed by atoms with E-state index in [1.807, 2.05) is 0 Å². The van der Waals surface area contributed by atoms with Crippen LogP contribution >= 0.6 is 11.8 Å². The Bertz CT molecular complexity index is 563. The van der Waals surface area contributed by atoms with Gasteiger partial charge in [-0.05, 0) is 28.9 Å². The number of fused-ring (bicyclic) bond motifs is 5. The van der Waals surface area contributed by atoms with Crippen LogP contribution in [0.15, 0.2) is 48.1 Å². The van der Waals surface area contributed by atoms with Crippen molar-refractivity contribution in [2.45, 2.75) is 11.7 Å². The average molecular weight is 238 g/mol. The number of rotatable bonds is 0. The zero-order chi connectivity index (χ0) is 11.2. The number of allylic oxidation sites excluding steroid dienone is 4. The molecule has 1 fully saturated rings. The summed E-state index contributed by atoms with van der Waals surface area (Å²) in [6.45, 7) is 0. The van der Waals surface area contributed by atoms with E-state index in [0.717, 1.165) is 0 Å². The van der Waals surface area contributed by atoms with Crippen molar-refractivity contribution < 1.29 is 0 Å². The molecule has 0 N–H and O–H groups in total. The zero-order valence-electron chi connectivity index (χ0n) is 9.60. The fourth-order valence-corrected chi connectivity index (χ4v) is 4.59. The Morgan fingerprint density at radius 2 is 2.06 bits per heavy atom. The summed E-state index contributed by atoms with van der Waals surface area (Å²) in [6.07, 6.45) is 10.7. The van der Waals surface area contributed by atoms with E-state index in [4.69, 9.17) is 0 Å². The van der Waals surface area contributed by atoms with Gasteiger partial charge in [-0.2, -0.15) is 11.8 Å². The molecule has 1 heterocycles. The predicted octanol–water partition coefficient (Wildman–Crippen LogP) is 4.16. The summed E-state index contributed by atoms with van der Waals surface area (Å²) in [5, 5.41) is 0.708. The van der Waals surface area contributed by atoms with E-state index in [0.29, 0.717) is 11.2 Å². The molecular weight excluding hydrogens is 224 g/mol. The summed E-state index contributed by atoms with van der Waals surface area (Å²) < 4.78 is 0. The fourth-order valence-electron chi connectivity index (χ4n) is 3.12. The third-order valence-electron chi connectivity index (χ3n) is 3.97. The lowest BCUT2D eigenvalue weighted by Gasteiger charge is -2.31. The van der Waals surface area contributed by atoms with Gasteiger partial charge in [-0.1, -0.05) is 54.1 Å². The van der Waals surface area contributed by atoms with Crippen LogP contribution < -0.4 is 0 Å². The van der Waals surface area contributed by atoms with Gasteiger partial charge < -0.3 is 0 Å². The summed E-state index contributed by atoms with van der Waals surface area (Å²) in [5.74, 6) is 1.90. The summed E-state index contributed by atoms with van der Waals surface area (Å²) in [6, 6.07) is 8.75. The van der Waals surface area contributed by atoms with Gasteiger partial charge >= 0.3 is 0 Å². The highest BCUT2D eigenvalue weighted by Gasteiger charge is 2.34. The second-order valence-corrected chi connectivity index (χ2v) is 6.13. The molecule has 3 aliphatic rings. The van der Waals surface area contributed by atoms with Crippen LogP contribution in [0.3, 0.4) is 0 Å². The van der Waals surface area contributed by atoms with Gasteiger partial charge in [0, 0.05) is 11.2 Å². The van der Waals surface area contributed by atoms with Crippen molar-refractivity contribution >= 4 is 23.4 Å². The van der Waals surface area contributed by atoms with Crippen LogP contribution in [0.25, 0.3) is 11.6 Å². The van der Waals surface area contributed by atoms with Crippen LogP contribution in [0.2, 0.25) is 0 Å².